The quantitative estimate of drug-likeness (QED) is 0.646. The van der Waals surface area contributed by atoms with Crippen molar-refractivity contribution >= 4 is 40.5 Å². The molecule has 0 unspecified atom stereocenters. The number of ether oxygens (including phenoxy) is 1. The van der Waals surface area contributed by atoms with E-state index >= 15 is 0 Å². The second kappa shape index (κ2) is 8.08. The van der Waals surface area contributed by atoms with E-state index in [1.165, 1.54) is 22.8 Å². The Bertz CT molecular complexity index is 1330. The molecule has 0 bridgehead atoms. The van der Waals surface area contributed by atoms with Crippen LogP contribution in [-0.2, 0) is 20.9 Å². The Labute approximate surface area is 174 Å². The number of carbonyl (C=O) groups excluding carboxylic acids is 2. The molecular formula is C22H17FN2O4S. The van der Waals surface area contributed by atoms with Crippen LogP contribution in [0.4, 0.5) is 10.1 Å². The van der Waals surface area contributed by atoms with E-state index in [1.807, 2.05) is 30.3 Å². The minimum atomic E-state index is -0.580. The number of esters is 1. The van der Waals surface area contributed by atoms with E-state index in [2.05, 4.69) is 5.32 Å². The van der Waals surface area contributed by atoms with Crippen molar-refractivity contribution in [1.82, 2.24) is 4.57 Å². The highest BCUT2D eigenvalue weighted by Crippen LogP contribution is 2.30. The van der Waals surface area contributed by atoms with Gasteiger partial charge in [0.05, 0.1) is 22.4 Å². The van der Waals surface area contributed by atoms with Crippen LogP contribution in [0.25, 0.3) is 11.6 Å². The third-order valence-corrected chi connectivity index (χ3v) is 5.67. The maximum absolute atomic E-state index is 13.6. The molecule has 0 radical (unpaired) electrons. The summed E-state index contributed by atoms with van der Waals surface area (Å²) in [5, 5.41) is 2.62. The lowest BCUT2D eigenvalue weighted by atomic mass is 10.1. The van der Waals surface area contributed by atoms with Crippen LogP contribution in [0, 0.1) is 5.82 Å². The van der Waals surface area contributed by atoms with E-state index in [9.17, 15) is 18.8 Å². The molecule has 152 valence electrons. The Morgan fingerprint density at radius 2 is 1.97 bits per heavy atom. The molecule has 8 heteroatoms. The molecular weight excluding hydrogens is 407 g/mol. The van der Waals surface area contributed by atoms with Crippen molar-refractivity contribution in [2.75, 3.05) is 11.9 Å². The lowest BCUT2D eigenvalue weighted by molar-refractivity contribution is -0.143. The number of amides is 1. The van der Waals surface area contributed by atoms with Gasteiger partial charge in [0.1, 0.15) is 17.0 Å². The fourth-order valence-electron chi connectivity index (χ4n) is 3.24. The molecule has 1 N–H and O–H groups in total. The maximum Gasteiger partial charge on any atom is 0.326 e. The van der Waals surface area contributed by atoms with Gasteiger partial charge in [-0.2, -0.15) is 0 Å². The first kappa shape index (κ1) is 19.8. The first-order chi connectivity index (χ1) is 14.5. The summed E-state index contributed by atoms with van der Waals surface area (Å²) in [7, 11) is 0. The maximum atomic E-state index is 13.6. The van der Waals surface area contributed by atoms with Gasteiger partial charge in [0, 0.05) is 5.56 Å². The summed E-state index contributed by atoms with van der Waals surface area (Å²) in [6, 6.07) is 13.2. The topological polar surface area (TPSA) is 77.4 Å². The lowest BCUT2D eigenvalue weighted by Crippen LogP contribution is -2.36. The number of hydrogen-bond acceptors (Lipinski definition) is 5. The van der Waals surface area contributed by atoms with Crippen LogP contribution in [0.1, 0.15) is 18.1 Å². The van der Waals surface area contributed by atoms with Gasteiger partial charge in [0.2, 0.25) is 0 Å². The zero-order valence-electron chi connectivity index (χ0n) is 16.0. The largest absolute Gasteiger partial charge is 0.465 e. The molecule has 0 saturated carbocycles. The molecule has 1 aromatic heterocycles. The smallest absolute Gasteiger partial charge is 0.326 e. The van der Waals surface area contributed by atoms with Crippen molar-refractivity contribution in [1.29, 1.82) is 0 Å². The van der Waals surface area contributed by atoms with Crippen molar-refractivity contribution in [3.05, 3.63) is 85.0 Å². The minimum absolute atomic E-state index is 0.176. The van der Waals surface area contributed by atoms with Crippen molar-refractivity contribution in [3.8, 4) is 0 Å². The molecule has 2 aromatic carbocycles. The summed E-state index contributed by atoms with van der Waals surface area (Å²) in [6.07, 6.45) is 1.71. The Kier molecular flexibility index (Phi) is 5.33. The van der Waals surface area contributed by atoms with Gasteiger partial charge in [0.15, 0.2) is 0 Å². The summed E-state index contributed by atoms with van der Waals surface area (Å²) in [5.74, 6) is -1.52. The predicted molar refractivity (Wildman–Crippen MR) is 112 cm³/mol. The average molecular weight is 424 g/mol. The number of nitrogens with one attached hydrogen (secondary N) is 1. The van der Waals surface area contributed by atoms with E-state index < -0.39 is 23.3 Å². The van der Waals surface area contributed by atoms with Gasteiger partial charge in [0.25, 0.3) is 11.5 Å². The van der Waals surface area contributed by atoms with Crippen LogP contribution in [-0.4, -0.2) is 23.1 Å². The molecule has 1 aliphatic rings. The molecule has 0 atom stereocenters. The normalized spacial score (nSPS) is 15.1. The number of thiazole rings is 1. The third kappa shape index (κ3) is 3.69. The highest BCUT2D eigenvalue weighted by molar-refractivity contribution is 7.07. The minimum Gasteiger partial charge on any atom is -0.465 e. The molecule has 30 heavy (non-hydrogen) atoms. The molecule has 1 amide bonds. The fraction of sp³-hybridized carbons (Fsp3) is 0.136. The zero-order chi connectivity index (χ0) is 21.3. The van der Waals surface area contributed by atoms with Gasteiger partial charge in [-0.1, -0.05) is 30.3 Å². The summed E-state index contributed by atoms with van der Waals surface area (Å²) >= 11 is 1.11. The van der Waals surface area contributed by atoms with Gasteiger partial charge < -0.3 is 10.1 Å². The average Bonchev–Trinajstić information content (AvgIpc) is 3.19. The second-order valence-electron chi connectivity index (χ2n) is 6.54. The van der Waals surface area contributed by atoms with Crippen LogP contribution < -0.4 is 20.1 Å². The molecule has 6 nitrogen and oxygen atoms in total. The SMILES string of the molecule is CCOC(=O)Cn1c(=O)/c(=C/c2ccccc2)s/c1=C1/C(=O)Nc2cc(F)ccc21. The van der Waals surface area contributed by atoms with E-state index in [0.29, 0.717) is 20.4 Å². The Balaban J connectivity index is 2.00. The number of rotatable bonds is 4. The summed E-state index contributed by atoms with van der Waals surface area (Å²) in [6.45, 7) is 1.53. The van der Waals surface area contributed by atoms with Crippen LogP contribution in [0.2, 0.25) is 0 Å². The summed E-state index contributed by atoms with van der Waals surface area (Å²) < 4.78 is 20.5. The van der Waals surface area contributed by atoms with E-state index in [-0.39, 0.29) is 18.7 Å². The monoisotopic (exact) mass is 424 g/mol. The lowest BCUT2D eigenvalue weighted by Gasteiger charge is -2.04. The van der Waals surface area contributed by atoms with E-state index in [4.69, 9.17) is 4.74 Å². The fourth-order valence-corrected chi connectivity index (χ4v) is 4.41. The van der Waals surface area contributed by atoms with Crippen LogP contribution in [0.15, 0.2) is 53.3 Å². The number of hydrogen-bond donors (Lipinski definition) is 1. The zero-order valence-corrected chi connectivity index (χ0v) is 16.8. The molecule has 2 heterocycles. The van der Waals surface area contributed by atoms with Gasteiger partial charge >= 0.3 is 5.97 Å². The molecule has 1 aliphatic heterocycles. The molecule has 0 fully saturated rings. The van der Waals surface area contributed by atoms with E-state index in [1.54, 1.807) is 13.0 Å². The van der Waals surface area contributed by atoms with Crippen LogP contribution >= 0.6 is 11.3 Å². The Hall–Kier alpha value is -3.52. The van der Waals surface area contributed by atoms with Crippen molar-refractivity contribution in [2.24, 2.45) is 0 Å². The van der Waals surface area contributed by atoms with Gasteiger partial charge in [-0.05, 0) is 36.8 Å². The van der Waals surface area contributed by atoms with Crippen LogP contribution in [0.3, 0.4) is 0 Å². The highest BCUT2D eigenvalue weighted by Gasteiger charge is 2.28. The molecule has 4 rings (SSSR count). The van der Waals surface area contributed by atoms with Crippen molar-refractivity contribution in [3.63, 3.8) is 0 Å². The molecule has 0 aliphatic carbocycles. The first-order valence-electron chi connectivity index (χ1n) is 9.25. The number of fused-ring (bicyclic) bond motifs is 1. The number of benzene rings is 2. The van der Waals surface area contributed by atoms with Gasteiger partial charge in [-0.3, -0.25) is 19.0 Å². The Morgan fingerprint density at radius 1 is 1.20 bits per heavy atom. The number of aromatic nitrogens is 1. The predicted octanol–water partition coefficient (Wildman–Crippen LogP) is 1.59. The molecule has 0 saturated heterocycles. The molecule has 3 aromatic rings. The summed E-state index contributed by atoms with van der Waals surface area (Å²) in [5.41, 5.74) is 1.44. The number of carbonyl (C=O) groups is 2. The number of nitrogens with zero attached hydrogens (tertiary/aromatic N) is 1. The third-order valence-electron chi connectivity index (χ3n) is 4.54. The Morgan fingerprint density at radius 3 is 2.70 bits per heavy atom. The standard InChI is InChI=1S/C22H17FN2O4S/c1-2-29-18(26)12-25-21(28)17(10-13-6-4-3-5-7-13)30-22(25)19-15-9-8-14(23)11-16(15)24-20(19)27/h3-11H,2,12H2,1H3,(H,24,27)/b17-10-,22-19+. The number of halogens is 1. The highest BCUT2D eigenvalue weighted by atomic mass is 32.1. The van der Waals surface area contributed by atoms with E-state index in [0.717, 1.165) is 16.9 Å². The van der Waals surface area contributed by atoms with Crippen LogP contribution in [0.5, 0.6) is 0 Å². The number of anilines is 1. The first-order valence-corrected chi connectivity index (χ1v) is 10.1. The van der Waals surface area contributed by atoms with Gasteiger partial charge in [-0.25, -0.2) is 4.39 Å². The van der Waals surface area contributed by atoms with Gasteiger partial charge in [-0.15, -0.1) is 11.3 Å². The van der Waals surface area contributed by atoms with Crippen molar-refractivity contribution in [2.45, 2.75) is 13.5 Å². The summed E-state index contributed by atoms with van der Waals surface area (Å²) in [4.78, 5) is 37.9. The van der Waals surface area contributed by atoms with Crippen molar-refractivity contribution < 1.29 is 18.7 Å². The molecule has 0 spiro atoms. The second-order valence-corrected chi connectivity index (χ2v) is 7.57.